The summed E-state index contributed by atoms with van der Waals surface area (Å²) in [5, 5.41) is 6.57. The largest absolute Gasteiger partial charge is 0.379 e. The van der Waals surface area contributed by atoms with Crippen LogP contribution in [0.5, 0.6) is 0 Å². The lowest BCUT2D eigenvalue weighted by Crippen LogP contribution is -2.00. The highest BCUT2D eigenvalue weighted by Gasteiger charge is 2.00. The normalized spacial score (nSPS) is 10.6. The van der Waals surface area contributed by atoms with E-state index >= 15 is 0 Å². The van der Waals surface area contributed by atoms with Crippen molar-refractivity contribution in [2.24, 2.45) is 0 Å². The third-order valence-electron chi connectivity index (χ3n) is 2.79. The van der Waals surface area contributed by atoms with Crippen molar-refractivity contribution in [3.05, 3.63) is 59.1 Å². The Labute approximate surface area is 115 Å². The summed E-state index contributed by atoms with van der Waals surface area (Å²) >= 11 is 1.68. The van der Waals surface area contributed by atoms with Crippen molar-refractivity contribution in [2.45, 2.75) is 13.5 Å². The van der Waals surface area contributed by atoms with Crippen molar-refractivity contribution in [1.82, 2.24) is 14.5 Å². The first-order chi connectivity index (χ1) is 9.31. The summed E-state index contributed by atoms with van der Waals surface area (Å²) in [5.74, 6) is 0. The summed E-state index contributed by atoms with van der Waals surface area (Å²) in [6.07, 6.45) is 5.50. The molecule has 0 unspecified atom stereocenters. The number of imidazole rings is 1. The lowest BCUT2D eigenvalue weighted by molar-refractivity contribution is 1.04. The van der Waals surface area contributed by atoms with Gasteiger partial charge in [-0.3, -0.25) is 0 Å². The first-order valence-electron chi connectivity index (χ1n) is 6.04. The standard InChI is InChI=1S/C14H14N4S/c1-11-17-13(9-19-11)8-16-12-3-2-4-14(7-12)18-6-5-15-10-18/h2-7,9-10,16H,8H2,1H3. The Morgan fingerprint density at radius 1 is 1.37 bits per heavy atom. The molecule has 96 valence electrons. The summed E-state index contributed by atoms with van der Waals surface area (Å²) in [6.45, 7) is 2.77. The van der Waals surface area contributed by atoms with E-state index in [0.717, 1.165) is 28.6 Å². The molecule has 0 fully saturated rings. The van der Waals surface area contributed by atoms with Crippen molar-refractivity contribution in [3.8, 4) is 5.69 Å². The lowest BCUT2D eigenvalue weighted by Gasteiger charge is -2.07. The molecule has 3 aromatic rings. The maximum absolute atomic E-state index is 4.44. The molecular formula is C14H14N4S. The average Bonchev–Trinajstić information content (AvgIpc) is 3.08. The zero-order valence-electron chi connectivity index (χ0n) is 10.6. The molecule has 0 spiro atoms. The number of hydrogen-bond acceptors (Lipinski definition) is 4. The first-order valence-corrected chi connectivity index (χ1v) is 6.92. The molecule has 1 aromatic carbocycles. The first kappa shape index (κ1) is 11.9. The number of aromatic nitrogens is 3. The number of thiazole rings is 1. The number of rotatable bonds is 4. The zero-order chi connectivity index (χ0) is 13.1. The van der Waals surface area contributed by atoms with Crippen LogP contribution in [0.25, 0.3) is 5.69 Å². The maximum atomic E-state index is 4.44. The highest BCUT2D eigenvalue weighted by atomic mass is 32.1. The van der Waals surface area contributed by atoms with Crippen molar-refractivity contribution >= 4 is 17.0 Å². The summed E-state index contributed by atoms with van der Waals surface area (Å²) in [6, 6.07) is 8.24. The topological polar surface area (TPSA) is 42.7 Å². The van der Waals surface area contributed by atoms with Crippen LogP contribution in [0.1, 0.15) is 10.7 Å². The smallest absolute Gasteiger partial charge is 0.0991 e. The number of anilines is 1. The van der Waals surface area contributed by atoms with E-state index in [2.05, 4.69) is 38.9 Å². The summed E-state index contributed by atoms with van der Waals surface area (Å²) in [4.78, 5) is 8.50. The number of aryl methyl sites for hydroxylation is 1. The number of nitrogens with zero attached hydrogens (tertiary/aromatic N) is 3. The van der Waals surface area contributed by atoms with Gasteiger partial charge in [-0.2, -0.15) is 0 Å². The van der Waals surface area contributed by atoms with Gasteiger partial charge in [0.25, 0.3) is 0 Å². The fraction of sp³-hybridized carbons (Fsp3) is 0.143. The minimum absolute atomic E-state index is 0.748. The number of nitrogens with one attached hydrogen (secondary N) is 1. The Morgan fingerprint density at radius 3 is 3.05 bits per heavy atom. The van der Waals surface area contributed by atoms with Crippen molar-refractivity contribution in [3.63, 3.8) is 0 Å². The van der Waals surface area contributed by atoms with E-state index in [0.29, 0.717) is 0 Å². The fourth-order valence-corrected chi connectivity index (χ4v) is 2.48. The molecule has 3 rings (SSSR count). The molecule has 0 aliphatic rings. The molecule has 0 saturated heterocycles. The Balaban J connectivity index is 1.73. The second-order valence-electron chi connectivity index (χ2n) is 4.23. The van der Waals surface area contributed by atoms with Gasteiger partial charge in [-0.15, -0.1) is 11.3 Å². The maximum Gasteiger partial charge on any atom is 0.0991 e. The molecule has 2 heterocycles. The third kappa shape index (κ3) is 2.82. The molecule has 2 aromatic heterocycles. The third-order valence-corrected chi connectivity index (χ3v) is 3.61. The minimum atomic E-state index is 0.748. The Morgan fingerprint density at radius 2 is 2.32 bits per heavy atom. The summed E-state index contributed by atoms with van der Waals surface area (Å²) in [7, 11) is 0. The molecule has 0 bridgehead atoms. The predicted octanol–water partition coefficient (Wildman–Crippen LogP) is 3.25. The van der Waals surface area contributed by atoms with Gasteiger partial charge < -0.3 is 9.88 Å². The van der Waals surface area contributed by atoms with Crippen LogP contribution in [0.3, 0.4) is 0 Å². The average molecular weight is 270 g/mol. The predicted molar refractivity (Wildman–Crippen MR) is 77.7 cm³/mol. The van der Waals surface area contributed by atoms with E-state index in [1.54, 1.807) is 23.9 Å². The van der Waals surface area contributed by atoms with Crippen LogP contribution >= 0.6 is 11.3 Å². The molecule has 0 radical (unpaired) electrons. The van der Waals surface area contributed by atoms with Gasteiger partial charge in [0.05, 0.1) is 23.6 Å². The van der Waals surface area contributed by atoms with E-state index in [1.807, 2.05) is 23.8 Å². The molecular weight excluding hydrogens is 256 g/mol. The second-order valence-corrected chi connectivity index (χ2v) is 5.29. The Hall–Kier alpha value is -2.14. The second kappa shape index (κ2) is 5.24. The van der Waals surface area contributed by atoms with Crippen molar-refractivity contribution in [1.29, 1.82) is 0 Å². The Bertz CT molecular complexity index is 658. The highest BCUT2D eigenvalue weighted by molar-refractivity contribution is 7.09. The van der Waals surface area contributed by atoms with Crippen LogP contribution in [0, 0.1) is 6.92 Å². The number of hydrogen-bond donors (Lipinski definition) is 1. The fourth-order valence-electron chi connectivity index (χ4n) is 1.87. The summed E-state index contributed by atoms with van der Waals surface area (Å²) < 4.78 is 1.98. The molecule has 1 N–H and O–H groups in total. The van der Waals surface area contributed by atoms with Crippen molar-refractivity contribution in [2.75, 3.05) is 5.32 Å². The minimum Gasteiger partial charge on any atom is -0.379 e. The van der Waals surface area contributed by atoms with Crippen LogP contribution < -0.4 is 5.32 Å². The van der Waals surface area contributed by atoms with E-state index in [9.17, 15) is 0 Å². The molecule has 4 nitrogen and oxygen atoms in total. The number of benzene rings is 1. The van der Waals surface area contributed by atoms with E-state index in [-0.39, 0.29) is 0 Å². The Kier molecular flexibility index (Phi) is 3.29. The van der Waals surface area contributed by atoms with Crippen LogP contribution in [-0.4, -0.2) is 14.5 Å². The van der Waals surface area contributed by atoms with Crippen LogP contribution in [-0.2, 0) is 6.54 Å². The SMILES string of the molecule is Cc1nc(CNc2cccc(-n3ccnc3)c2)cs1. The van der Waals surface area contributed by atoms with Crippen LogP contribution in [0.4, 0.5) is 5.69 Å². The van der Waals surface area contributed by atoms with Gasteiger partial charge in [0.2, 0.25) is 0 Å². The molecule has 19 heavy (non-hydrogen) atoms. The summed E-state index contributed by atoms with van der Waals surface area (Å²) in [5.41, 5.74) is 3.25. The van der Waals surface area contributed by atoms with Crippen LogP contribution in [0.2, 0.25) is 0 Å². The molecule has 0 saturated carbocycles. The molecule has 5 heteroatoms. The van der Waals surface area contributed by atoms with Gasteiger partial charge >= 0.3 is 0 Å². The van der Waals surface area contributed by atoms with E-state index in [4.69, 9.17) is 0 Å². The van der Waals surface area contributed by atoms with Gasteiger partial charge in [-0.05, 0) is 25.1 Å². The monoisotopic (exact) mass is 270 g/mol. The van der Waals surface area contributed by atoms with Gasteiger partial charge in [0.15, 0.2) is 0 Å². The van der Waals surface area contributed by atoms with Gasteiger partial charge in [-0.1, -0.05) is 6.07 Å². The molecule has 0 aliphatic heterocycles. The van der Waals surface area contributed by atoms with E-state index < -0.39 is 0 Å². The molecule has 0 atom stereocenters. The quantitative estimate of drug-likeness (QED) is 0.791. The van der Waals surface area contributed by atoms with Gasteiger partial charge in [0, 0.05) is 29.1 Å². The highest BCUT2D eigenvalue weighted by Crippen LogP contribution is 2.16. The van der Waals surface area contributed by atoms with E-state index in [1.165, 1.54) is 0 Å². The van der Waals surface area contributed by atoms with Crippen molar-refractivity contribution < 1.29 is 0 Å². The van der Waals surface area contributed by atoms with Gasteiger partial charge in [0.1, 0.15) is 0 Å². The zero-order valence-corrected chi connectivity index (χ0v) is 11.4. The molecule has 0 amide bonds. The van der Waals surface area contributed by atoms with Crippen LogP contribution in [0.15, 0.2) is 48.4 Å². The molecule has 0 aliphatic carbocycles. The lowest BCUT2D eigenvalue weighted by atomic mass is 10.2. The van der Waals surface area contributed by atoms with Gasteiger partial charge in [-0.25, -0.2) is 9.97 Å².